The van der Waals surface area contributed by atoms with Crippen LogP contribution in [-0.2, 0) is 21.3 Å². The van der Waals surface area contributed by atoms with Gasteiger partial charge in [0, 0.05) is 28.4 Å². The summed E-state index contributed by atoms with van der Waals surface area (Å²) in [7, 11) is -0.00312. The maximum absolute atomic E-state index is 11.6. The van der Waals surface area contributed by atoms with Crippen LogP contribution in [0.3, 0.4) is 0 Å². The van der Waals surface area contributed by atoms with Gasteiger partial charge in [0.05, 0.1) is 24.5 Å². The second kappa shape index (κ2) is 6.83. The Bertz CT molecular complexity index is 516. The predicted octanol–water partition coefficient (Wildman–Crippen LogP) is 1.33. The zero-order valence-electron chi connectivity index (χ0n) is 10.2. The summed E-state index contributed by atoms with van der Waals surface area (Å²) in [5.41, 5.74) is 0.333. The maximum Gasteiger partial charge on any atom is 0.304 e. The van der Waals surface area contributed by atoms with E-state index in [1.807, 2.05) is 0 Å². The van der Waals surface area contributed by atoms with Crippen LogP contribution in [0.1, 0.15) is 12.0 Å². The van der Waals surface area contributed by atoms with Crippen LogP contribution in [0.25, 0.3) is 0 Å². The molecular weight excluding hydrogens is 274 g/mol. The lowest BCUT2D eigenvalue weighted by molar-refractivity contribution is -0.385. The number of carboxylic acid groups (broad SMARTS) is 1. The number of nitrogens with zero attached hydrogens (tertiary/aromatic N) is 1. The fraction of sp³-hybridized carbons (Fsp3) is 0.364. The van der Waals surface area contributed by atoms with E-state index < -0.39 is 21.7 Å². The van der Waals surface area contributed by atoms with Crippen LogP contribution >= 0.6 is 0 Å². The molecule has 0 bridgehead atoms. The van der Waals surface area contributed by atoms with Crippen molar-refractivity contribution in [3.63, 3.8) is 0 Å². The van der Waals surface area contributed by atoms with Gasteiger partial charge in [-0.25, -0.2) is 0 Å². The number of ether oxygens (including phenoxy) is 1. The summed E-state index contributed by atoms with van der Waals surface area (Å²) >= 11 is 0. The van der Waals surface area contributed by atoms with Gasteiger partial charge in [0.2, 0.25) is 0 Å². The molecule has 0 aliphatic carbocycles. The maximum atomic E-state index is 11.6. The van der Waals surface area contributed by atoms with Crippen LogP contribution in [0.4, 0.5) is 5.69 Å². The summed E-state index contributed by atoms with van der Waals surface area (Å²) in [6.45, 7) is 0. The first kappa shape index (κ1) is 15.1. The highest BCUT2D eigenvalue weighted by Crippen LogP contribution is 2.23. The molecule has 0 aromatic heterocycles. The van der Waals surface area contributed by atoms with Gasteiger partial charge in [0.1, 0.15) is 5.75 Å². The molecule has 1 aromatic carbocycles. The van der Waals surface area contributed by atoms with Crippen molar-refractivity contribution in [2.45, 2.75) is 12.2 Å². The van der Waals surface area contributed by atoms with Crippen molar-refractivity contribution in [2.75, 3.05) is 12.9 Å². The third-order valence-electron chi connectivity index (χ3n) is 2.27. The minimum absolute atomic E-state index is 0.0142. The number of methoxy groups -OCH3 is 1. The van der Waals surface area contributed by atoms with E-state index in [-0.39, 0.29) is 23.6 Å². The summed E-state index contributed by atoms with van der Waals surface area (Å²) in [5, 5.41) is 19.2. The van der Waals surface area contributed by atoms with E-state index in [1.54, 1.807) is 6.07 Å². The zero-order valence-corrected chi connectivity index (χ0v) is 11.0. The van der Waals surface area contributed by atoms with Crippen LogP contribution in [0.2, 0.25) is 0 Å². The third kappa shape index (κ3) is 5.04. The van der Waals surface area contributed by atoms with E-state index in [0.29, 0.717) is 11.3 Å². The molecule has 0 aliphatic heterocycles. The smallest absolute Gasteiger partial charge is 0.304 e. The van der Waals surface area contributed by atoms with Crippen LogP contribution < -0.4 is 4.74 Å². The van der Waals surface area contributed by atoms with Crippen LogP contribution in [0, 0.1) is 10.1 Å². The minimum atomic E-state index is -1.38. The standard InChI is InChI=1S/C11H13NO6S/c1-18-10-5-8(4-9(6-10)12(15)16)7-19(17)3-2-11(13)14/h4-6H,2-3,7H2,1H3,(H,13,14). The Morgan fingerprint density at radius 2 is 2.16 bits per heavy atom. The van der Waals surface area contributed by atoms with Crippen molar-refractivity contribution < 1.29 is 23.8 Å². The molecule has 0 radical (unpaired) electrons. The van der Waals surface area contributed by atoms with Crippen LogP contribution in [0.5, 0.6) is 5.75 Å². The van der Waals surface area contributed by atoms with E-state index in [4.69, 9.17) is 9.84 Å². The zero-order chi connectivity index (χ0) is 14.4. The highest BCUT2D eigenvalue weighted by Gasteiger charge is 2.12. The molecule has 7 nitrogen and oxygen atoms in total. The molecule has 0 heterocycles. The number of hydrogen-bond acceptors (Lipinski definition) is 5. The van der Waals surface area contributed by atoms with Gasteiger partial charge in [-0.1, -0.05) is 0 Å². The molecule has 0 fully saturated rings. The molecule has 0 saturated carbocycles. The fourth-order valence-electron chi connectivity index (χ4n) is 1.41. The summed E-state index contributed by atoms with van der Waals surface area (Å²) in [6, 6.07) is 4.12. The van der Waals surface area contributed by atoms with Gasteiger partial charge in [-0.15, -0.1) is 0 Å². The predicted molar refractivity (Wildman–Crippen MR) is 68.6 cm³/mol. The number of rotatable bonds is 7. The first-order valence-corrected chi connectivity index (χ1v) is 6.80. The Morgan fingerprint density at radius 1 is 1.47 bits per heavy atom. The van der Waals surface area contributed by atoms with Gasteiger partial charge in [0.15, 0.2) is 0 Å². The lowest BCUT2D eigenvalue weighted by Crippen LogP contribution is -2.06. The number of benzene rings is 1. The number of carboxylic acids is 1. The number of carbonyl (C=O) groups is 1. The molecule has 1 atom stereocenters. The van der Waals surface area contributed by atoms with E-state index in [9.17, 15) is 19.1 Å². The summed E-state index contributed by atoms with van der Waals surface area (Å²) < 4.78 is 16.6. The van der Waals surface area contributed by atoms with Gasteiger partial charge in [0.25, 0.3) is 5.69 Å². The van der Waals surface area contributed by atoms with Gasteiger partial charge < -0.3 is 9.84 Å². The highest BCUT2D eigenvalue weighted by atomic mass is 32.2. The Hall–Kier alpha value is -1.96. The topological polar surface area (TPSA) is 107 Å². The molecule has 0 saturated heterocycles. The number of aliphatic carboxylic acids is 1. The molecule has 0 aliphatic rings. The largest absolute Gasteiger partial charge is 0.496 e. The molecule has 1 rings (SSSR count). The number of non-ortho nitro benzene ring substituents is 1. The van der Waals surface area contributed by atoms with Crippen LogP contribution in [0.15, 0.2) is 18.2 Å². The van der Waals surface area contributed by atoms with Crippen molar-refractivity contribution in [1.29, 1.82) is 0 Å². The molecular formula is C11H13NO6S. The SMILES string of the molecule is COc1cc(CS(=O)CCC(=O)O)cc([N+](=O)[O-])c1. The van der Waals surface area contributed by atoms with E-state index in [0.717, 1.165) is 0 Å². The Morgan fingerprint density at radius 3 is 2.68 bits per heavy atom. The first-order valence-electron chi connectivity index (χ1n) is 5.31. The summed E-state index contributed by atoms with van der Waals surface area (Å²) in [5.74, 6) is -0.643. The summed E-state index contributed by atoms with van der Waals surface area (Å²) in [6.07, 6.45) is -0.196. The third-order valence-corrected chi connectivity index (χ3v) is 3.58. The number of nitro benzene ring substituents is 1. The minimum Gasteiger partial charge on any atom is -0.496 e. The quantitative estimate of drug-likeness (QED) is 0.598. The monoisotopic (exact) mass is 287 g/mol. The second-order valence-corrected chi connectivity index (χ2v) is 5.30. The van der Waals surface area contributed by atoms with Crippen molar-refractivity contribution in [1.82, 2.24) is 0 Å². The van der Waals surface area contributed by atoms with E-state index >= 15 is 0 Å². The Labute approximate surface area is 111 Å². The van der Waals surface area contributed by atoms with Crippen molar-refractivity contribution in [3.05, 3.63) is 33.9 Å². The lowest BCUT2D eigenvalue weighted by atomic mass is 10.2. The van der Waals surface area contributed by atoms with Crippen molar-refractivity contribution in [3.8, 4) is 5.75 Å². The van der Waals surface area contributed by atoms with Crippen molar-refractivity contribution >= 4 is 22.5 Å². The average Bonchev–Trinajstić information content (AvgIpc) is 2.35. The summed E-state index contributed by atoms with van der Waals surface area (Å²) in [4.78, 5) is 20.5. The molecule has 19 heavy (non-hydrogen) atoms. The number of hydrogen-bond donors (Lipinski definition) is 1. The van der Waals surface area contributed by atoms with E-state index in [2.05, 4.69) is 0 Å². The van der Waals surface area contributed by atoms with Crippen LogP contribution in [-0.4, -0.2) is 33.1 Å². The normalized spacial score (nSPS) is 11.8. The van der Waals surface area contributed by atoms with E-state index in [1.165, 1.54) is 19.2 Å². The highest BCUT2D eigenvalue weighted by molar-refractivity contribution is 7.84. The molecule has 1 N–H and O–H groups in total. The fourth-order valence-corrected chi connectivity index (χ4v) is 2.49. The van der Waals surface area contributed by atoms with Gasteiger partial charge in [-0.3, -0.25) is 19.1 Å². The Kier molecular flexibility index (Phi) is 5.43. The Balaban J connectivity index is 2.82. The van der Waals surface area contributed by atoms with Gasteiger partial charge in [-0.05, 0) is 11.6 Å². The molecule has 8 heteroatoms. The van der Waals surface area contributed by atoms with Gasteiger partial charge >= 0.3 is 5.97 Å². The lowest BCUT2D eigenvalue weighted by Gasteiger charge is -2.05. The molecule has 1 aromatic rings. The molecule has 104 valence electrons. The number of nitro groups is 1. The van der Waals surface area contributed by atoms with Gasteiger partial charge in [-0.2, -0.15) is 0 Å². The molecule has 1 unspecified atom stereocenters. The molecule has 0 amide bonds. The van der Waals surface area contributed by atoms with Crippen molar-refractivity contribution in [2.24, 2.45) is 0 Å². The molecule has 0 spiro atoms. The second-order valence-electron chi connectivity index (χ2n) is 3.73. The first-order chi connectivity index (χ1) is 8.92. The average molecular weight is 287 g/mol.